The Morgan fingerprint density at radius 1 is 0.677 bits per heavy atom. The molecule has 4 rings (SSSR count). The fourth-order valence-corrected chi connectivity index (χ4v) is 4.07. The molecule has 0 N–H and O–H groups in total. The smallest absolute Gasteiger partial charge is 0.0984 e. The Morgan fingerprint density at radius 3 is 1.39 bits per heavy atom. The molecule has 168 valence electrons. The van der Waals surface area contributed by atoms with Crippen LogP contribution >= 0.6 is 0 Å². The van der Waals surface area contributed by atoms with Crippen LogP contribution < -0.4 is 9.80 Å². The zero-order valence-electron chi connectivity index (χ0n) is 19.3. The highest BCUT2D eigenvalue weighted by atomic mass is 16.6. The number of nitrogens with zero attached hydrogens (tertiary/aromatic N) is 2. The molecule has 0 spiro atoms. The van der Waals surface area contributed by atoms with Crippen LogP contribution in [0.2, 0.25) is 0 Å². The Morgan fingerprint density at radius 2 is 1.06 bits per heavy atom. The zero-order chi connectivity index (χ0) is 21.5. The number of benzene rings is 2. The van der Waals surface area contributed by atoms with Crippen LogP contribution in [0.1, 0.15) is 50.7 Å². The zero-order valence-corrected chi connectivity index (χ0v) is 19.3. The Labute approximate surface area is 188 Å². The lowest BCUT2D eigenvalue weighted by molar-refractivity contribution is 0.406. The maximum atomic E-state index is 5.46. The molecule has 0 aliphatic carbocycles. The van der Waals surface area contributed by atoms with E-state index >= 15 is 0 Å². The molecular formula is C27H38N2O2. The van der Waals surface area contributed by atoms with Crippen LogP contribution in [0.15, 0.2) is 48.5 Å². The third kappa shape index (κ3) is 6.98. The molecule has 0 radical (unpaired) electrons. The van der Waals surface area contributed by atoms with Gasteiger partial charge in [0.2, 0.25) is 0 Å². The maximum Gasteiger partial charge on any atom is 0.0984 e. The molecule has 2 heterocycles. The summed E-state index contributed by atoms with van der Waals surface area (Å²) in [7, 11) is 0. The van der Waals surface area contributed by atoms with E-state index in [0.717, 1.165) is 45.8 Å². The second-order valence-electron chi connectivity index (χ2n) is 9.02. The topological polar surface area (TPSA) is 31.5 Å². The summed E-state index contributed by atoms with van der Waals surface area (Å²) < 4.78 is 10.9. The van der Waals surface area contributed by atoms with Crippen molar-refractivity contribution in [2.45, 2.75) is 58.2 Å². The van der Waals surface area contributed by atoms with Crippen molar-refractivity contribution in [3.8, 4) is 0 Å². The Bertz CT molecular complexity index is 714. The highest BCUT2D eigenvalue weighted by Gasteiger charge is 2.26. The summed E-state index contributed by atoms with van der Waals surface area (Å²) in [6.07, 6.45) is 6.73. The van der Waals surface area contributed by atoms with E-state index in [1.807, 2.05) is 0 Å². The SMILES string of the molecule is CCCCN(CC1CO1)c1ccc(Cc2ccc(N(CCCC)CC3CO3)cc2)cc1. The predicted octanol–water partition coefficient (Wildman–Crippen LogP) is 5.29. The van der Waals surface area contributed by atoms with Crippen LogP contribution in [-0.2, 0) is 15.9 Å². The van der Waals surface area contributed by atoms with Gasteiger partial charge in [-0.1, -0.05) is 51.0 Å². The number of hydrogen-bond donors (Lipinski definition) is 0. The minimum Gasteiger partial charge on any atom is -0.371 e. The minimum atomic E-state index is 0.429. The molecule has 2 aromatic rings. The number of anilines is 2. The van der Waals surface area contributed by atoms with Crippen LogP contribution in [0.3, 0.4) is 0 Å². The quantitative estimate of drug-likeness (QED) is 0.387. The maximum absolute atomic E-state index is 5.46. The summed E-state index contributed by atoms with van der Waals surface area (Å²) in [5, 5.41) is 0. The van der Waals surface area contributed by atoms with Crippen molar-refractivity contribution in [1.29, 1.82) is 0 Å². The number of ether oxygens (including phenoxy) is 2. The average Bonchev–Trinajstić information content (AvgIpc) is 3.72. The molecule has 4 heteroatoms. The molecule has 2 atom stereocenters. The van der Waals surface area contributed by atoms with E-state index in [4.69, 9.17) is 9.47 Å². The lowest BCUT2D eigenvalue weighted by Gasteiger charge is -2.24. The van der Waals surface area contributed by atoms with Gasteiger partial charge in [-0.2, -0.15) is 0 Å². The number of unbranched alkanes of at least 4 members (excludes halogenated alkanes) is 2. The third-order valence-corrected chi connectivity index (χ3v) is 6.23. The average molecular weight is 423 g/mol. The molecule has 2 saturated heterocycles. The van der Waals surface area contributed by atoms with E-state index in [-0.39, 0.29) is 0 Å². The Balaban J connectivity index is 1.35. The summed E-state index contributed by atoms with van der Waals surface area (Å²) in [5.41, 5.74) is 5.36. The summed E-state index contributed by atoms with van der Waals surface area (Å²) >= 11 is 0. The molecule has 0 aromatic heterocycles. The van der Waals surface area contributed by atoms with Gasteiger partial charge in [-0.25, -0.2) is 0 Å². The number of rotatable bonds is 14. The van der Waals surface area contributed by atoms with Crippen molar-refractivity contribution in [3.63, 3.8) is 0 Å². The van der Waals surface area contributed by atoms with Crippen LogP contribution in [0.25, 0.3) is 0 Å². The number of hydrogen-bond acceptors (Lipinski definition) is 4. The van der Waals surface area contributed by atoms with E-state index in [2.05, 4.69) is 72.2 Å². The molecule has 2 unspecified atom stereocenters. The van der Waals surface area contributed by atoms with Crippen molar-refractivity contribution in [2.75, 3.05) is 49.2 Å². The normalized spacial score (nSPS) is 19.3. The molecule has 4 nitrogen and oxygen atoms in total. The van der Waals surface area contributed by atoms with Gasteiger partial charge in [0.05, 0.1) is 25.4 Å². The first kappa shape index (κ1) is 22.2. The van der Waals surface area contributed by atoms with Crippen molar-refractivity contribution in [3.05, 3.63) is 59.7 Å². The molecule has 2 aliphatic heterocycles. The van der Waals surface area contributed by atoms with E-state index in [0.29, 0.717) is 12.2 Å². The molecule has 31 heavy (non-hydrogen) atoms. The van der Waals surface area contributed by atoms with Gasteiger partial charge in [0.15, 0.2) is 0 Å². The lowest BCUT2D eigenvalue weighted by atomic mass is 10.0. The first-order chi connectivity index (χ1) is 15.2. The standard InChI is InChI=1S/C27H38N2O2/c1-3-5-15-28(18-26-20-30-26)24-11-7-22(8-12-24)17-23-9-13-25(14-10-23)29(16-6-4-2)19-27-21-31-27/h7-14,26-27H,3-6,15-21H2,1-2H3. The van der Waals surface area contributed by atoms with Crippen molar-refractivity contribution >= 4 is 11.4 Å². The van der Waals surface area contributed by atoms with Crippen LogP contribution in [0, 0.1) is 0 Å². The van der Waals surface area contributed by atoms with Gasteiger partial charge in [-0.15, -0.1) is 0 Å². The molecule has 0 amide bonds. The van der Waals surface area contributed by atoms with E-state index < -0.39 is 0 Å². The van der Waals surface area contributed by atoms with Gasteiger partial charge in [0, 0.05) is 37.6 Å². The van der Waals surface area contributed by atoms with Crippen molar-refractivity contribution in [1.82, 2.24) is 0 Å². The van der Waals surface area contributed by atoms with Gasteiger partial charge >= 0.3 is 0 Å². The Kier molecular flexibility index (Phi) is 7.87. The number of epoxide rings is 2. The molecule has 2 aliphatic rings. The van der Waals surface area contributed by atoms with Gasteiger partial charge < -0.3 is 19.3 Å². The summed E-state index contributed by atoms with van der Waals surface area (Å²) in [4.78, 5) is 4.96. The highest BCUT2D eigenvalue weighted by molar-refractivity contribution is 5.50. The van der Waals surface area contributed by atoms with Gasteiger partial charge in [-0.05, 0) is 54.7 Å². The van der Waals surface area contributed by atoms with Crippen molar-refractivity contribution in [2.24, 2.45) is 0 Å². The molecule has 0 saturated carbocycles. The van der Waals surface area contributed by atoms with E-state index in [1.165, 1.54) is 48.2 Å². The monoisotopic (exact) mass is 422 g/mol. The molecule has 0 bridgehead atoms. The summed E-state index contributed by atoms with van der Waals surface area (Å²) in [6.45, 7) is 10.6. The Hall–Kier alpha value is -2.04. The summed E-state index contributed by atoms with van der Waals surface area (Å²) in [5.74, 6) is 0. The van der Waals surface area contributed by atoms with E-state index in [9.17, 15) is 0 Å². The highest BCUT2D eigenvalue weighted by Crippen LogP contribution is 2.23. The fraction of sp³-hybridized carbons (Fsp3) is 0.556. The van der Waals surface area contributed by atoms with Gasteiger partial charge in [-0.3, -0.25) is 0 Å². The molecule has 2 fully saturated rings. The van der Waals surface area contributed by atoms with Crippen LogP contribution in [-0.4, -0.2) is 51.6 Å². The van der Waals surface area contributed by atoms with E-state index in [1.54, 1.807) is 0 Å². The first-order valence-electron chi connectivity index (χ1n) is 12.2. The lowest BCUT2D eigenvalue weighted by Crippen LogP contribution is -2.28. The molecular weight excluding hydrogens is 384 g/mol. The van der Waals surface area contributed by atoms with Crippen molar-refractivity contribution < 1.29 is 9.47 Å². The fourth-order valence-electron chi connectivity index (χ4n) is 4.07. The predicted molar refractivity (Wildman–Crippen MR) is 129 cm³/mol. The van der Waals surface area contributed by atoms with Gasteiger partial charge in [0.25, 0.3) is 0 Å². The second kappa shape index (κ2) is 11.0. The van der Waals surface area contributed by atoms with Crippen LogP contribution in [0.4, 0.5) is 11.4 Å². The van der Waals surface area contributed by atoms with Crippen LogP contribution in [0.5, 0.6) is 0 Å². The largest absolute Gasteiger partial charge is 0.371 e. The molecule has 2 aromatic carbocycles. The minimum absolute atomic E-state index is 0.429. The second-order valence-corrected chi connectivity index (χ2v) is 9.02. The van der Waals surface area contributed by atoms with Gasteiger partial charge in [0.1, 0.15) is 0 Å². The summed E-state index contributed by atoms with van der Waals surface area (Å²) in [6, 6.07) is 18.3. The third-order valence-electron chi connectivity index (χ3n) is 6.23. The first-order valence-corrected chi connectivity index (χ1v) is 12.2.